The molecule has 0 aromatic heterocycles. The lowest BCUT2D eigenvalue weighted by atomic mass is 10.0. The van der Waals surface area contributed by atoms with Gasteiger partial charge in [0.05, 0.1) is 17.1 Å². The van der Waals surface area contributed by atoms with E-state index in [4.69, 9.17) is 16.9 Å². The molecular weight excluding hydrogens is 540 g/mol. The van der Waals surface area contributed by atoms with Crippen molar-refractivity contribution in [3.8, 4) is 30.1 Å². The van der Waals surface area contributed by atoms with Gasteiger partial charge in [-0.1, -0.05) is 18.3 Å². The van der Waals surface area contributed by atoms with Gasteiger partial charge in [-0.2, -0.15) is 5.48 Å². The number of rotatable bonds is 11. The molecule has 15 heteroatoms. The van der Waals surface area contributed by atoms with E-state index in [0.29, 0.717) is 25.8 Å². The number of nitrogens with two attached hydrogens (primary N) is 1. The molecule has 1 aromatic carbocycles. The summed E-state index contributed by atoms with van der Waals surface area (Å²) >= 11 is 0. The zero-order valence-electron chi connectivity index (χ0n) is 22.4. The van der Waals surface area contributed by atoms with E-state index in [0.717, 1.165) is 12.1 Å². The molecule has 1 aromatic rings. The third kappa shape index (κ3) is 10.7. The van der Waals surface area contributed by atoms with Crippen LogP contribution in [-0.2, 0) is 24.3 Å². The SMILES string of the molecule is C#CC#COONCCCC[C@H]1NC(=O)C(CCC)NC(=O)c2cc([N+](=O)[O-])ccc2OCCC(C(N)=O)NC1=O. The van der Waals surface area contributed by atoms with Gasteiger partial charge in [0, 0.05) is 31.0 Å². The zero-order chi connectivity index (χ0) is 30.2. The lowest BCUT2D eigenvalue weighted by Gasteiger charge is -2.26. The Morgan fingerprint density at radius 2 is 1.93 bits per heavy atom. The minimum atomic E-state index is -1.15. The van der Waals surface area contributed by atoms with Gasteiger partial charge in [0.1, 0.15) is 23.9 Å². The first-order valence-electron chi connectivity index (χ1n) is 12.8. The second kappa shape index (κ2) is 17.0. The van der Waals surface area contributed by atoms with Crippen LogP contribution >= 0.6 is 0 Å². The van der Waals surface area contributed by atoms with Crippen LogP contribution < -0.4 is 31.9 Å². The number of ether oxygens (including phenoxy) is 1. The number of non-ortho nitro benzene ring substituents is 1. The van der Waals surface area contributed by atoms with Crippen molar-refractivity contribution in [2.24, 2.45) is 5.73 Å². The number of nitrogens with one attached hydrogen (secondary N) is 4. The van der Waals surface area contributed by atoms with Crippen molar-refractivity contribution in [3.63, 3.8) is 0 Å². The summed E-state index contributed by atoms with van der Waals surface area (Å²) in [5.74, 6) is 1.32. The highest BCUT2D eigenvalue weighted by Crippen LogP contribution is 2.25. The molecule has 2 unspecified atom stereocenters. The zero-order valence-corrected chi connectivity index (χ0v) is 22.4. The third-order valence-electron chi connectivity index (χ3n) is 5.86. The van der Waals surface area contributed by atoms with Gasteiger partial charge in [0.15, 0.2) is 6.11 Å². The standard InChI is InChI=1S/C26H32N6O9/c1-3-5-14-40-41-28-13-7-6-9-21-26(36)29-19(23(27)33)12-15-39-22-11-10-17(32(37)38)16-18(22)24(34)30-20(8-4-2)25(35)31-21/h1,10-11,16,19-21,28H,4,6-9,12-13,15H2,2H3,(H2,27,33)(H,29,36)(H,30,34)(H,31,35)/t19?,20?,21-/m1/s1. The molecule has 0 saturated carbocycles. The van der Waals surface area contributed by atoms with Gasteiger partial charge in [-0.15, -0.1) is 6.42 Å². The largest absolute Gasteiger partial charge is 0.493 e. The fourth-order valence-electron chi connectivity index (χ4n) is 3.80. The Bertz CT molecular complexity index is 1220. The normalized spacial score (nSPS) is 19.3. The summed E-state index contributed by atoms with van der Waals surface area (Å²) in [6, 6.07) is 0.155. The first-order chi connectivity index (χ1) is 19.7. The molecule has 0 bridgehead atoms. The molecule has 220 valence electrons. The summed E-state index contributed by atoms with van der Waals surface area (Å²) in [7, 11) is 0. The van der Waals surface area contributed by atoms with Crippen molar-refractivity contribution in [3.05, 3.63) is 33.9 Å². The summed E-state index contributed by atoms with van der Waals surface area (Å²) in [6.07, 6.45) is 8.77. The van der Waals surface area contributed by atoms with Crippen LogP contribution in [0.4, 0.5) is 5.69 Å². The molecule has 1 aliphatic heterocycles. The molecular formula is C26H32N6O9. The van der Waals surface area contributed by atoms with Crippen LogP contribution in [-0.4, -0.2) is 59.8 Å². The van der Waals surface area contributed by atoms with E-state index in [-0.39, 0.29) is 42.9 Å². The van der Waals surface area contributed by atoms with Crippen LogP contribution in [0.5, 0.6) is 5.75 Å². The predicted octanol–water partition coefficient (Wildman–Crippen LogP) is -0.0521. The number of unbranched alkanes of at least 4 members (excludes halogenated alkanes) is 1. The van der Waals surface area contributed by atoms with Crippen LogP contribution in [0.1, 0.15) is 55.8 Å². The Kier molecular flexibility index (Phi) is 13.4. The van der Waals surface area contributed by atoms with E-state index >= 15 is 0 Å². The number of hydroxylamine groups is 1. The van der Waals surface area contributed by atoms with Crippen LogP contribution in [0.3, 0.4) is 0 Å². The number of nitro groups is 1. The lowest BCUT2D eigenvalue weighted by molar-refractivity contribution is -0.384. The van der Waals surface area contributed by atoms with Crippen molar-refractivity contribution in [1.82, 2.24) is 21.4 Å². The molecule has 1 heterocycles. The second-order valence-electron chi connectivity index (χ2n) is 8.84. The first-order valence-corrected chi connectivity index (χ1v) is 12.8. The number of nitrogens with zero attached hydrogens (tertiary/aromatic N) is 1. The topological polar surface area (TPSA) is 213 Å². The average Bonchev–Trinajstić information content (AvgIpc) is 2.94. The smallest absolute Gasteiger partial charge is 0.270 e. The fraction of sp³-hybridized carbons (Fsp3) is 0.462. The van der Waals surface area contributed by atoms with E-state index in [1.54, 1.807) is 6.92 Å². The van der Waals surface area contributed by atoms with Gasteiger partial charge in [-0.05, 0) is 37.7 Å². The van der Waals surface area contributed by atoms with E-state index in [9.17, 15) is 29.3 Å². The van der Waals surface area contributed by atoms with E-state index < -0.39 is 46.7 Å². The highest BCUT2D eigenvalue weighted by molar-refractivity contribution is 6.01. The molecule has 2 rings (SSSR count). The summed E-state index contributed by atoms with van der Waals surface area (Å²) in [6.45, 7) is 1.95. The van der Waals surface area contributed by atoms with Gasteiger partial charge in [0.25, 0.3) is 11.6 Å². The summed E-state index contributed by atoms with van der Waals surface area (Å²) < 4.78 is 5.65. The summed E-state index contributed by atoms with van der Waals surface area (Å²) in [5.41, 5.74) is 7.46. The molecule has 0 spiro atoms. The van der Waals surface area contributed by atoms with E-state index in [1.165, 1.54) is 6.07 Å². The summed E-state index contributed by atoms with van der Waals surface area (Å²) in [4.78, 5) is 71.3. The Balaban J connectivity index is 2.24. The molecule has 4 amide bonds. The van der Waals surface area contributed by atoms with Gasteiger partial charge < -0.3 is 26.4 Å². The quantitative estimate of drug-likeness (QED) is 0.0783. The van der Waals surface area contributed by atoms with Gasteiger partial charge in [-0.25, -0.2) is 0 Å². The van der Waals surface area contributed by atoms with Crippen molar-refractivity contribution < 1.29 is 38.7 Å². The molecule has 0 fully saturated rings. The number of hydrogen-bond acceptors (Lipinski definition) is 10. The number of benzene rings is 1. The predicted molar refractivity (Wildman–Crippen MR) is 143 cm³/mol. The maximum atomic E-state index is 13.2. The maximum absolute atomic E-state index is 13.2. The highest BCUT2D eigenvalue weighted by atomic mass is 17.3. The Labute approximate surface area is 236 Å². The van der Waals surface area contributed by atoms with Crippen molar-refractivity contribution in [1.29, 1.82) is 0 Å². The Morgan fingerprint density at radius 3 is 2.61 bits per heavy atom. The molecule has 3 atom stereocenters. The molecule has 0 radical (unpaired) electrons. The Morgan fingerprint density at radius 1 is 1.20 bits per heavy atom. The minimum absolute atomic E-state index is 0.000630. The molecule has 15 nitrogen and oxygen atoms in total. The maximum Gasteiger partial charge on any atom is 0.270 e. The van der Waals surface area contributed by atoms with E-state index in [2.05, 4.69) is 43.3 Å². The number of fused-ring (bicyclic) bond motifs is 1. The van der Waals surface area contributed by atoms with E-state index in [1.807, 2.05) is 5.92 Å². The number of carbonyl (C=O) groups excluding carboxylic acids is 4. The number of carbonyl (C=O) groups is 4. The molecule has 0 saturated heterocycles. The minimum Gasteiger partial charge on any atom is -0.493 e. The lowest BCUT2D eigenvalue weighted by Crippen LogP contribution is -2.56. The van der Waals surface area contributed by atoms with Crippen molar-refractivity contribution in [2.75, 3.05) is 13.2 Å². The molecule has 41 heavy (non-hydrogen) atoms. The summed E-state index contributed by atoms with van der Waals surface area (Å²) in [5, 5.41) is 19.1. The number of terminal acetylenes is 1. The third-order valence-corrected chi connectivity index (χ3v) is 5.86. The van der Waals surface area contributed by atoms with Crippen LogP contribution in [0.25, 0.3) is 0 Å². The van der Waals surface area contributed by atoms with Gasteiger partial charge in [0.2, 0.25) is 17.7 Å². The second-order valence-corrected chi connectivity index (χ2v) is 8.84. The van der Waals surface area contributed by atoms with Gasteiger partial charge in [-0.3, -0.25) is 34.2 Å². The highest BCUT2D eigenvalue weighted by Gasteiger charge is 2.30. The molecule has 6 N–H and O–H groups in total. The number of primary amides is 1. The number of amides is 4. The van der Waals surface area contributed by atoms with Crippen LogP contribution in [0.2, 0.25) is 0 Å². The number of nitro benzene ring substituents is 1. The monoisotopic (exact) mass is 572 g/mol. The molecule has 0 aliphatic carbocycles. The van der Waals surface area contributed by atoms with Crippen molar-refractivity contribution >= 4 is 29.3 Å². The fourth-order valence-corrected chi connectivity index (χ4v) is 3.80. The first kappa shape index (κ1) is 32.4. The van der Waals surface area contributed by atoms with Crippen LogP contribution in [0.15, 0.2) is 18.2 Å². The Hall–Kier alpha value is -4.86. The van der Waals surface area contributed by atoms with Gasteiger partial charge >= 0.3 is 0 Å². The van der Waals surface area contributed by atoms with Crippen molar-refractivity contribution in [2.45, 2.75) is 63.6 Å². The molecule has 1 aliphatic rings. The number of hydrogen-bond donors (Lipinski definition) is 5. The van der Waals surface area contributed by atoms with Crippen LogP contribution in [0, 0.1) is 34.5 Å². The average molecular weight is 573 g/mol.